The van der Waals surface area contributed by atoms with E-state index in [-0.39, 0.29) is 30.9 Å². The van der Waals surface area contributed by atoms with Gasteiger partial charge in [-0.3, -0.25) is 9.80 Å². The van der Waals surface area contributed by atoms with Crippen LogP contribution in [0.5, 0.6) is 5.75 Å². The number of piperazine rings is 1. The van der Waals surface area contributed by atoms with Gasteiger partial charge in [-0.2, -0.15) is 13.2 Å². The van der Waals surface area contributed by atoms with Crippen LogP contribution in [0.4, 0.5) is 22.0 Å². The zero-order valence-corrected chi connectivity index (χ0v) is 12.1. The van der Waals surface area contributed by atoms with E-state index in [1.54, 1.807) is 4.90 Å². The van der Waals surface area contributed by atoms with E-state index in [9.17, 15) is 22.0 Å². The average molecular weight is 324 g/mol. The smallest absolute Gasteiger partial charge is 0.401 e. The van der Waals surface area contributed by atoms with Gasteiger partial charge in [-0.05, 0) is 12.1 Å². The SMILES string of the molecule is COc1ccc(F)c(F)c1CN1CCN(CC(F)(F)F)CC1. The van der Waals surface area contributed by atoms with Crippen molar-refractivity contribution in [3.63, 3.8) is 0 Å². The standard InChI is InChI=1S/C14H17F5N2O/c1-22-12-3-2-11(15)13(16)10(12)8-20-4-6-21(7-5-20)9-14(17,18)19/h2-3H,4-9H2,1H3. The second kappa shape index (κ2) is 6.78. The molecule has 1 aliphatic rings. The molecule has 3 nitrogen and oxygen atoms in total. The molecule has 1 heterocycles. The van der Waals surface area contributed by atoms with Crippen LogP contribution < -0.4 is 4.74 Å². The summed E-state index contributed by atoms with van der Waals surface area (Å²) in [6, 6.07) is 2.33. The number of benzene rings is 1. The molecule has 1 fully saturated rings. The van der Waals surface area contributed by atoms with Gasteiger partial charge in [0.15, 0.2) is 11.6 Å². The first-order valence-corrected chi connectivity index (χ1v) is 6.82. The van der Waals surface area contributed by atoms with E-state index in [4.69, 9.17) is 4.74 Å². The Morgan fingerprint density at radius 2 is 1.64 bits per heavy atom. The second-order valence-corrected chi connectivity index (χ2v) is 5.21. The lowest BCUT2D eigenvalue weighted by atomic mass is 10.1. The molecule has 8 heteroatoms. The summed E-state index contributed by atoms with van der Waals surface area (Å²) in [6.07, 6.45) is -4.22. The van der Waals surface area contributed by atoms with E-state index < -0.39 is 24.4 Å². The Labute approximate surface area is 125 Å². The lowest BCUT2D eigenvalue weighted by Gasteiger charge is -2.35. The van der Waals surface area contributed by atoms with Crippen LogP contribution in [0, 0.1) is 11.6 Å². The highest BCUT2D eigenvalue weighted by Gasteiger charge is 2.32. The van der Waals surface area contributed by atoms with Crippen LogP contribution in [-0.2, 0) is 6.54 Å². The molecular weight excluding hydrogens is 307 g/mol. The summed E-state index contributed by atoms with van der Waals surface area (Å²) < 4.78 is 69.1. The normalized spacial score (nSPS) is 17.7. The molecule has 0 bridgehead atoms. The molecule has 22 heavy (non-hydrogen) atoms. The van der Waals surface area contributed by atoms with Crippen LogP contribution in [0.25, 0.3) is 0 Å². The lowest BCUT2D eigenvalue weighted by Crippen LogP contribution is -2.48. The van der Waals surface area contributed by atoms with E-state index in [0.717, 1.165) is 6.07 Å². The predicted octanol–water partition coefficient (Wildman–Crippen LogP) is 2.65. The largest absolute Gasteiger partial charge is 0.496 e. The molecule has 0 amide bonds. The van der Waals surface area contributed by atoms with E-state index in [1.807, 2.05) is 0 Å². The van der Waals surface area contributed by atoms with Crippen molar-refractivity contribution in [3.05, 3.63) is 29.3 Å². The third-order valence-electron chi connectivity index (χ3n) is 3.62. The zero-order valence-electron chi connectivity index (χ0n) is 12.1. The topological polar surface area (TPSA) is 15.7 Å². The number of alkyl halides is 3. The molecule has 1 saturated heterocycles. The van der Waals surface area contributed by atoms with Gasteiger partial charge in [-0.25, -0.2) is 8.78 Å². The summed E-state index contributed by atoms with van der Waals surface area (Å²) in [5.41, 5.74) is 0.0896. The Balaban J connectivity index is 1.98. The molecule has 0 atom stereocenters. The Morgan fingerprint density at radius 1 is 1.05 bits per heavy atom. The zero-order chi connectivity index (χ0) is 16.3. The van der Waals surface area contributed by atoms with E-state index >= 15 is 0 Å². The first-order chi connectivity index (χ1) is 10.3. The summed E-state index contributed by atoms with van der Waals surface area (Å²) >= 11 is 0. The van der Waals surface area contributed by atoms with Gasteiger partial charge in [0.05, 0.1) is 13.7 Å². The van der Waals surface area contributed by atoms with Crippen molar-refractivity contribution < 1.29 is 26.7 Å². The molecule has 1 aliphatic heterocycles. The van der Waals surface area contributed by atoms with Crippen LogP contribution in [0.2, 0.25) is 0 Å². The number of halogens is 5. The van der Waals surface area contributed by atoms with Gasteiger partial charge >= 0.3 is 6.18 Å². The van der Waals surface area contributed by atoms with Crippen LogP contribution in [0.15, 0.2) is 12.1 Å². The van der Waals surface area contributed by atoms with Crippen molar-refractivity contribution in [1.82, 2.24) is 9.80 Å². The van der Waals surface area contributed by atoms with Crippen LogP contribution in [0.1, 0.15) is 5.56 Å². The predicted molar refractivity (Wildman–Crippen MR) is 70.7 cm³/mol. The van der Waals surface area contributed by atoms with Crippen molar-refractivity contribution in [2.45, 2.75) is 12.7 Å². The fraction of sp³-hybridized carbons (Fsp3) is 0.571. The molecule has 124 valence electrons. The molecule has 2 rings (SSSR count). The molecule has 0 aromatic heterocycles. The van der Waals surface area contributed by atoms with Gasteiger partial charge in [-0.1, -0.05) is 0 Å². The minimum atomic E-state index is -4.22. The third-order valence-corrected chi connectivity index (χ3v) is 3.62. The highest BCUT2D eigenvalue weighted by molar-refractivity contribution is 5.35. The second-order valence-electron chi connectivity index (χ2n) is 5.21. The van der Waals surface area contributed by atoms with Crippen LogP contribution in [0.3, 0.4) is 0 Å². The van der Waals surface area contributed by atoms with Crippen molar-refractivity contribution in [2.75, 3.05) is 39.8 Å². The number of ether oxygens (including phenoxy) is 1. The number of methoxy groups -OCH3 is 1. The Hall–Kier alpha value is -1.41. The number of hydrogen-bond donors (Lipinski definition) is 0. The monoisotopic (exact) mass is 324 g/mol. The summed E-state index contributed by atoms with van der Waals surface area (Å²) in [5, 5.41) is 0. The quantitative estimate of drug-likeness (QED) is 0.792. The number of hydrogen-bond acceptors (Lipinski definition) is 3. The van der Waals surface area contributed by atoms with Crippen molar-refractivity contribution in [2.24, 2.45) is 0 Å². The van der Waals surface area contributed by atoms with Gasteiger partial charge in [-0.15, -0.1) is 0 Å². The highest BCUT2D eigenvalue weighted by atomic mass is 19.4. The van der Waals surface area contributed by atoms with Gasteiger partial charge in [0.25, 0.3) is 0 Å². The van der Waals surface area contributed by atoms with E-state index in [2.05, 4.69) is 0 Å². The third kappa shape index (κ3) is 4.30. The molecule has 1 aromatic rings. The maximum atomic E-state index is 13.9. The maximum Gasteiger partial charge on any atom is 0.401 e. The molecule has 0 radical (unpaired) electrons. The lowest BCUT2D eigenvalue weighted by molar-refractivity contribution is -0.149. The molecule has 0 unspecified atom stereocenters. The van der Waals surface area contributed by atoms with Gasteiger partial charge in [0, 0.05) is 38.3 Å². The molecule has 0 N–H and O–H groups in total. The van der Waals surface area contributed by atoms with Crippen molar-refractivity contribution in [1.29, 1.82) is 0 Å². The Morgan fingerprint density at radius 3 is 2.18 bits per heavy atom. The molecule has 0 aliphatic carbocycles. The summed E-state index contributed by atoms with van der Waals surface area (Å²) in [4.78, 5) is 3.09. The van der Waals surface area contributed by atoms with Gasteiger partial charge < -0.3 is 4.74 Å². The molecule has 1 aromatic carbocycles. The van der Waals surface area contributed by atoms with Crippen molar-refractivity contribution in [3.8, 4) is 5.75 Å². The Bertz CT molecular complexity index is 513. The van der Waals surface area contributed by atoms with Crippen LogP contribution >= 0.6 is 0 Å². The van der Waals surface area contributed by atoms with Crippen molar-refractivity contribution >= 4 is 0 Å². The Kier molecular flexibility index (Phi) is 5.23. The highest BCUT2D eigenvalue weighted by Crippen LogP contribution is 2.26. The fourth-order valence-electron chi connectivity index (χ4n) is 2.50. The minimum absolute atomic E-state index is 0.0896. The van der Waals surface area contributed by atoms with E-state index in [1.165, 1.54) is 18.1 Å². The number of nitrogens with zero attached hydrogens (tertiary/aromatic N) is 2. The van der Waals surface area contributed by atoms with Gasteiger partial charge in [0.2, 0.25) is 0 Å². The molecule has 0 spiro atoms. The van der Waals surface area contributed by atoms with Crippen LogP contribution in [-0.4, -0.2) is 55.8 Å². The minimum Gasteiger partial charge on any atom is -0.496 e. The molecule has 0 saturated carbocycles. The first-order valence-electron chi connectivity index (χ1n) is 6.82. The first kappa shape index (κ1) is 17.0. The molecular formula is C14H17F5N2O. The fourth-order valence-corrected chi connectivity index (χ4v) is 2.50. The number of rotatable bonds is 4. The summed E-state index contributed by atoms with van der Waals surface area (Å²) in [6.45, 7) is 0.340. The van der Waals surface area contributed by atoms with Gasteiger partial charge in [0.1, 0.15) is 5.75 Å². The average Bonchev–Trinajstić information content (AvgIpc) is 2.44. The summed E-state index contributed by atoms with van der Waals surface area (Å²) in [7, 11) is 1.36. The maximum absolute atomic E-state index is 13.9. The van der Waals surface area contributed by atoms with E-state index in [0.29, 0.717) is 13.1 Å². The summed E-state index contributed by atoms with van der Waals surface area (Å²) in [5.74, 6) is -1.71.